The van der Waals surface area contributed by atoms with Crippen molar-refractivity contribution in [2.24, 2.45) is 0 Å². The van der Waals surface area contributed by atoms with Crippen molar-refractivity contribution >= 4 is 17.7 Å². The second kappa shape index (κ2) is 6.86. The Hall–Kier alpha value is -3.02. The van der Waals surface area contributed by atoms with E-state index in [-0.39, 0.29) is 12.3 Å². The average Bonchev–Trinajstić information content (AvgIpc) is 3.26. The topological polar surface area (TPSA) is 66.5 Å². The highest BCUT2D eigenvalue weighted by atomic mass is 19.1. The number of hydrogen-bond donors (Lipinski definition) is 1. The number of rotatable bonds is 5. The molecule has 2 aromatic carbocycles. The Kier molecular flexibility index (Phi) is 4.49. The van der Waals surface area contributed by atoms with Gasteiger partial charge in [-0.25, -0.2) is 9.18 Å². The van der Waals surface area contributed by atoms with Crippen LogP contribution in [0.2, 0.25) is 0 Å². The molecule has 144 valence electrons. The molecule has 0 radical (unpaired) electrons. The highest BCUT2D eigenvalue weighted by molar-refractivity contribution is 6.11. The number of nitrogens with zero attached hydrogens (tertiary/aromatic N) is 1. The number of fused-ring (bicyclic) bond motifs is 1. The summed E-state index contributed by atoms with van der Waals surface area (Å²) >= 11 is 0. The molecule has 1 fully saturated rings. The minimum Gasteiger partial charge on any atom is -0.319 e. The van der Waals surface area contributed by atoms with E-state index in [1.54, 1.807) is 13.0 Å². The normalized spacial score (nSPS) is 21.0. The van der Waals surface area contributed by atoms with Gasteiger partial charge in [0.2, 0.25) is 0 Å². The number of amides is 3. The van der Waals surface area contributed by atoms with E-state index in [0.717, 1.165) is 29.7 Å². The van der Waals surface area contributed by atoms with Crippen LogP contribution in [-0.2, 0) is 23.2 Å². The minimum absolute atomic E-state index is 0.274. The van der Waals surface area contributed by atoms with Gasteiger partial charge in [0, 0.05) is 5.56 Å². The van der Waals surface area contributed by atoms with Crippen LogP contribution < -0.4 is 5.32 Å². The molecule has 1 aliphatic heterocycles. The summed E-state index contributed by atoms with van der Waals surface area (Å²) in [6.45, 7) is 1.46. The Morgan fingerprint density at radius 1 is 1.11 bits per heavy atom. The fourth-order valence-corrected chi connectivity index (χ4v) is 4.12. The fourth-order valence-electron chi connectivity index (χ4n) is 4.12. The van der Waals surface area contributed by atoms with Crippen LogP contribution in [0.25, 0.3) is 0 Å². The van der Waals surface area contributed by atoms with Crippen LogP contribution in [0.15, 0.2) is 42.5 Å². The van der Waals surface area contributed by atoms with E-state index < -0.39 is 23.3 Å². The standard InChI is InChI=1S/C22H21FN2O3/c1-2-22(17-8-10-18(23)11-9-17)20(27)25(21(28)24-22)13-19(26)16-7-6-14-4-3-5-15(14)12-16/h6-12H,2-5,13H2,1H3,(H,24,28). The number of urea groups is 1. The van der Waals surface area contributed by atoms with Crippen LogP contribution in [-0.4, -0.2) is 29.2 Å². The Balaban J connectivity index is 1.58. The number of carbonyl (C=O) groups is 3. The van der Waals surface area contributed by atoms with Crippen LogP contribution in [0, 0.1) is 5.82 Å². The van der Waals surface area contributed by atoms with Crippen LogP contribution in [0.5, 0.6) is 0 Å². The van der Waals surface area contributed by atoms with Gasteiger partial charge in [-0.15, -0.1) is 0 Å². The second-order valence-corrected chi connectivity index (χ2v) is 7.35. The number of nitrogens with one attached hydrogen (secondary N) is 1. The van der Waals surface area contributed by atoms with Gasteiger partial charge in [-0.3, -0.25) is 14.5 Å². The second-order valence-electron chi connectivity index (χ2n) is 7.35. The SMILES string of the molecule is CCC1(c2ccc(F)cc2)NC(=O)N(CC(=O)c2ccc3c(c2)CCC3)C1=O. The first kappa shape index (κ1) is 18.3. The van der Waals surface area contributed by atoms with Gasteiger partial charge in [0.05, 0.1) is 6.54 Å². The number of aryl methyl sites for hydroxylation is 2. The van der Waals surface area contributed by atoms with Crippen molar-refractivity contribution in [3.63, 3.8) is 0 Å². The van der Waals surface area contributed by atoms with Crippen LogP contribution in [0.3, 0.4) is 0 Å². The highest BCUT2D eigenvalue weighted by Gasteiger charge is 2.51. The quantitative estimate of drug-likeness (QED) is 0.639. The summed E-state index contributed by atoms with van der Waals surface area (Å²) in [6, 6.07) is 10.5. The predicted molar refractivity (Wildman–Crippen MR) is 101 cm³/mol. The van der Waals surface area contributed by atoms with E-state index in [9.17, 15) is 18.8 Å². The molecule has 6 heteroatoms. The van der Waals surface area contributed by atoms with Crippen LogP contribution >= 0.6 is 0 Å². The van der Waals surface area contributed by atoms with E-state index in [0.29, 0.717) is 17.5 Å². The highest BCUT2D eigenvalue weighted by Crippen LogP contribution is 2.33. The van der Waals surface area contributed by atoms with E-state index >= 15 is 0 Å². The first-order chi connectivity index (χ1) is 13.4. The molecule has 1 saturated heterocycles. The molecule has 0 saturated carbocycles. The molecule has 4 rings (SSSR count). The number of ketones is 1. The smallest absolute Gasteiger partial charge is 0.319 e. The van der Waals surface area contributed by atoms with E-state index in [4.69, 9.17) is 0 Å². The molecule has 1 atom stereocenters. The summed E-state index contributed by atoms with van der Waals surface area (Å²) in [5.74, 6) is -1.18. The lowest BCUT2D eigenvalue weighted by atomic mass is 9.87. The van der Waals surface area contributed by atoms with Crippen molar-refractivity contribution in [3.8, 4) is 0 Å². The van der Waals surface area contributed by atoms with E-state index in [2.05, 4.69) is 5.32 Å². The summed E-state index contributed by atoms with van der Waals surface area (Å²) in [5.41, 5.74) is 2.16. The van der Waals surface area contributed by atoms with Gasteiger partial charge in [-0.1, -0.05) is 31.2 Å². The first-order valence-electron chi connectivity index (χ1n) is 9.50. The van der Waals surface area contributed by atoms with E-state index in [1.807, 2.05) is 12.1 Å². The summed E-state index contributed by atoms with van der Waals surface area (Å²) in [6.07, 6.45) is 3.35. The number of imide groups is 1. The molecule has 1 N–H and O–H groups in total. The number of benzene rings is 2. The van der Waals surface area contributed by atoms with Crippen molar-refractivity contribution in [1.29, 1.82) is 0 Å². The largest absolute Gasteiger partial charge is 0.325 e. The van der Waals surface area contributed by atoms with Gasteiger partial charge in [-0.05, 0) is 60.6 Å². The molecule has 0 bridgehead atoms. The molecule has 3 amide bonds. The Labute approximate surface area is 162 Å². The van der Waals surface area contributed by atoms with Crippen molar-refractivity contribution in [3.05, 3.63) is 70.5 Å². The Bertz CT molecular complexity index is 970. The molecular weight excluding hydrogens is 359 g/mol. The molecule has 1 unspecified atom stereocenters. The molecule has 1 heterocycles. The van der Waals surface area contributed by atoms with Gasteiger partial charge in [0.15, 0.2) is 5.78 Å². The van der Waals surface area contributed by atoms with Gasteiger partial charge in [0.1, 0.15) is 11.4 Å². The molecular formula is C22H21FN2O3. The lowest BCUT2D eigenvalue weighted by Gasteiger charge is -2.25. The third kappa shape index (κ3) is 2.89. The molecule has 1 aliphatic carbocycles. The van der Waals surface area contributed by atoms with Crippen LogP contribution in [0.4, 0.5) is 9.18 Å². The monoisotopic (exact) mass is 380 g/mol. The van der Waals surface area contributed by atoms with Crippen molar-refractivity contribution in [2.45, 2.75) is 38.1 Å². The van der Waals surface area contributed by atoms with E-state index in [1.165, 1.54) is 29.8 Å². The zero-order chi connectivity index (χ0) is 19.9. The lowest BCUT2D eigenvalue weighted by molar-refractivity contribution is -0.131. The summed E-state index contributed by atoms with van der Waals surface area (Å²) < 4.78 is 13.3. The number of carbonyl (C=O) groups excluding carboxylic acids is 3. The lowest BCUT2D eigenvalue weighted by Crippen LogP contribution is -2.43. The Morgan fingerprint density at radius 2 is 1.82 bits per heavy atom. The third-order valence-corrected chi connectivity index (χ3v) is 5.77. The van der Waals surface area contributed by atoms with Gasteiger partial charge < -0.3 is 5.32 Å². The summed E-state index contributed by atoms with van der Waals surface area (Å²) in [5, 5.41) is 2.71. The number of Topliss-reactive ketones (excluding diaryl/α,β-unsaturated/α-hetero) is 1. The molecule has 2 aromatic rings. The zero-order valence-corrected chi connectivity index (χ0v) is 15.6. The third-order valence-electron chi connectivity index (χ3n) is 5.77. The maximum atomic E-state index is 13.3. The minimum atomic E-state index is -1.27. The average molecular weight is 380 g/mol. The van der Waals surface area contributed by atoms with Gasteiger partial charge >= 0.3 is 6.03 Å². The zero-order valence-electron chi connectivity index (χ0n) is 15.6. The maximum Gasteiger partial charge on any atom is 0.325 e. The molecule has 5 nitrogen and oxygen atoms in total. The van der Waals surface area contributed by atoms with Crippen LogP contribution in [0.1, 0.15) is 46.8 Å². The number of hydrogen-bond acceptors (Lipinski definition) is 3. The summed E-state index contributed by atoms with van der Waals surface area (Å²) in [7, 11) is 0. The fraction of sp³-hybridized carbons (Fsp3) is 0.318. The summed E-state index contributed by atoms with van der Waals surface area (Å²) in [4.78, 5) is 39.3. The first-order valence-corrected chi connectivity index (χ1v) is 9.50. The molecule has 28 heavy (non-hydrogen) atoms. The number of halogens is 1. The molecule has 0 aromatic heterocycles. The molecule has 2 aliphatic rings. The van der Waals surface area contributed by atoms with Crippen molar-refractivity contribution < 1.29 is 18.8 Å². The predicted octanol–water partition coefficient (Wildman–Crippen LogP) is 3.35. The van der Waals surface area contributed by atoms with Crippen molar-refractivity contribution in [2.75, 3.05) is 6.54 Å². The van der Waals surface area contributed by atoms with Gasteiger partial charge in [-0.2, -0.15) is 0 Å². The Morgan fingerprint density at radius 3 is 2.54 bits per heavy atom. The maximum absolute atomic E-state index is 13.3. The van der Waals surface area contributed by atoms with Crippen molar-refractivity contribution in [1.82, 2.24) is 10.2 Å². The molecule has 0 spiro atoms. The van der Waals surface area contributed by atoms with Gasteiger partial charge in [0.25, 0.3) is 5.91 Å².